The van der Waals surface area contributed by atoms with Gasteiger partial charge in [-0.15, -0.1) is 0 Å². The van der Waals surface area contributed by atoms with Crippen LogP contribution >= 0.6 is 0 Å². The van der Waals surface area contributed by atoms with E-state index in [-0.39, 0.29) is 16.8 Å². The molecule has 1 aliphatic heterocycles. The van der Waals surface area contributed by atoms with Gasteiger partial charge in [0.05, 0.1) is 29.8 Å². The molecule has 1 aliphatic rings. The van der Waals surface area contributed by atoms with E-state index in [9.17, 15) is 0 Å². The van der Waals surface area contributed by atoms with Crippen molar-refractivity contribution in [2.45, 2.75) is 12.8 Å². The van der Waals surface area contributed by atoms with Crippen molar-refractivity contribution in [3.05, 3.63) is 0 Å². The van der Waals surface area contributed by atoms with E-state index in [2.05, 4.69) is 53.1 Å². The molecule has 32 heavy (non-hydrogen) atoms. The van der Waals surface area contributed by atoms with E-state index in [1.807, 2.05) is 0 Å². The second-order valence-electron chi connectivity index (χ2n) is 7.50. The van der Waals surface area contributed by atoms with Gasteiger partial charge in [-0.3, -0.25) is 0 Å². The number of nitrogens with zero attached hydrogens (tertiary/aromatic N) is 4. The molecule has 0 spiro atoms. The number of hydrogen-bond acceptors (Lipinski definition) is 13. The summed E-state index contributed by atoms with van der Waals surface area (Å²) in [6, 6.07) is 0. The maximum absolute atomic E-state index is 8.60. The third-order valence-electron chi connectivity index (χ3n) is 4.24. The molecule has 3 N–H and O–H groups in total. The maximum Gasteiger partial charge on any atom is 0.0777 e. The quantitative estimate of drug-likeness (QED) is 0.294. The minimum absolute atomic E-state index is 0. The maximum atomic E-state index is 8.60. The number of rotatable bonds is 3. The van der Waals surface area contributed by atoms with Crippen LogP contribution in [0.2, 0.25) is 0 Å². The first kappa shape index (κ1) is 37.1. The Kier molecular flexibility index (Phi) is 24.2. The number of halogens is 2. The molecule has 0 saturated carbocycles. The molecule has 0 unspecified atom stereocenters. The Morgan fingerprint density at radius 2 is 1.19 bits per heavy atom. The Morgan fingerprint density at radius 3 is 1.62 bits per heavy atom. The van der Waals surface area contributed by atoms with Gasteiger partial charge < -0.3 is 24.9 Å². The Labute approximate surface area is 205 Å². The smallest absolute Gasteiger partial charge is 0.0777 e. The third-order valence-corrected chi connectivity index (χ3v) is 4.24. The van der Waals surface area contributed by atoms with Crippen molar-refractivity contribution in [1.29, 1.82) is 0 Å². The summed E-state index contributed by atoms with van der Waals surface area (Å²) >= 11 is 0. The van der Waals surface area contributed by atoms with E-state index in [0.717, 1.165) is 19.6 Å². The van der Waals surface area contributed by atoms with Gasteiger partial charge in [0.15, 0.2) is 0 Å². The van der Waals surface area contributed by atoms with Gasteiger partial charge in [0.2, 0.25) is 0 Å². The van der Waals surface area contributed by atoms with Crippen LogP contribution in [0, 0.1) is 20.5 Å². The molecule has 1 heterocycles. The van der Waals surface area contributed by atoms with Crippen LogP contribution in [0.3, 0.4) is 0 Å². The van der Waals surface area contributed by atoms with Crippen molar-refractivity contribution in [3.8, 4) is 0 Å². The van der Waals surface area contributed by atoms with Crippen LogP contribution in [0.15, 0.2) is 0 Å². The average Bonchev–Trinajstić information content (AvgIpc) is 2.56. The van der Waals surface area contributed by atoms with E-state index in [0.29, 0.717) is 0 Å². The van der Waals surface area contributed by atoms with Gasteiger partial charge in [-0.2, -0.15) is 28.0 Å². The zero-order chi connectivity index (χ0) is 24.5. The minimum Gasteiger partial charge on any atom is -0.315 e. The Hall–Kier alpha value is 0.566. The van der Waals surface area contributed by atoms with Gasteiger partial charge in [-0.05, 0) is 67.2 Å². The van der Waals surface area contributed by atoms with Gasteiger partial charge in [-0.25, -0.2) is 0 Å². The minimum atomic E-state index is -4.69. The van der Waals surface area contributed by atoms with E-state index in [1.54, 1.807) is 0 Å². The Balaban J connectivity index is -0.000000640. The predicted molar refractivity (Wildman–Crippen MR) is 96.5 cm³/mol. The number of hydrogen-bond donors (Lipinski definition) is 3. The standard InChI is InChI=1S/C16H37N5.2ClHO4.Co/c1-18(2)13-16-21-11-6-10-20(4)15-14-19(3)9-5-7-17-8-12-21;2*2-1(3,4)5;/h17H,5-16H2,1-4H3;2*(H,2,3,4,5);. The number of likely N-dealkylation sites (N-methyl/N-ethyl adjacent to an activating group) is 3. The molecule has 16 heteroatoms. The molecule has 0 aromatic rings. The normalized spacial score (nSPS) is 19.0. The summed E-state index contributed by atoms with van der Waals surface area (Å²) in [6.07, 6.45) is 2.52. The molecular formula is C16H39Cl2CoN5O8. The predicted octanol–water partition coefficient (Wildman–Crippen LogP) is -8.15. The molecule has 0 bridgehead atoms. The van der Waals surface area contributed by atoms with E-state index < -0.39 is 20.5 Å². The van der Waals surface area contributed by atoms with Crippen LogP contribution in [0.25, 0.3) is 0 Å². The molecule has 13 nitrogen and oxygen atoms in total. The van der Waals surface area contributed by atoms with Crippen LogP contribution in [-0.4, -0.2) is 123 Å². The number of nitrogens with one attached hydrogen (secondary N) is 1. The van der Waals surface area contributed by atoms with Crippen LogP contribution in [0.5, 0.6) is 0 Å². The molecule has 0 aliphatic carbocycles. The fraction of sp³-hybridized carbons (Fsp3) is 1.00. The molecule has 0 aromatic heterocycles. The summed E-state index contributed by atoms with van der Waals surface area (Å²) in [5.41, 5.74) is 0. The summed E-state index contributed by atoms with van der Waals surface area (Å²) in [5.74, 6) is 0. The van der Waals surface area contributed by atoms with Gasteiger partial charge in [0.1, 0.15) is 0 Å². The zero-order valence-electron chi connectivity index (χ0n) is 19.2. The van der Waals surface area contributed by atoms with Crippen molar-refractivity contribution in [1.82, 2.24) is 24.9 Å². The summed E-state index contributed by atoms with van der Waals surface area (Å²) in [4.78, 5) is 9.82. The van der Waals surface area contributed by atoms with Crippen molar-refractivity contribution < 1.29 is 74.5 Å². The first-order valence-electron chi connectivity index (χ1n) is 9.79. The van der Waals surface area contributed by atoms with E-state index >= 15 is 0 Å². The van der Waals surface area contributed by atoms with Crippen LogP contribution in [0.4, 0.5) is 0 Å². The van der Waals surface area contributed by atoms with E-state index in [4.69, 9.17) is 37.3 Å². The monoisotopic (exact) mass is 558 g/mol. The molecule has 1 fully saturated rings. The van der Waals surface area contributed by atoms with Gasteiger partial charge in [0, 0.05) is 56.0 Å². The van der Waals surface area contributed by atoms with Gasteiger partial charge in [-0.1, -0.05) is 0 Å². The zero-order valence-corrected chi connectivity index (χ0v) is 21.8. The molecular weight excluding hydrogens is 520 g/mol. The molecule has 199 valence electrons. The van der Waals surface area contributed by atoms with Crippen LogP contribution in [-0.2, 0) is 16.8 Å². The van der Waals surface area contributed by atoms with Crippen molar-refractivity contribution in [3.63, 3.8) is 0 Å². The SMILES string of the molecule is CN(C)CCN1CCCN(C)CCN(C)CCCNCC1.[Co].[O-][Cl+3]([O-])([O-])O.[O-][Cl+3]([O-])([O-])O. The molecule has 0 atom stereocenters. The summed E-state index contributed by atoms with van der Waals surface area (Å²) in [7, 11) is -0.576. The fourth-order valence-corrected chi connectivity index (χ4v) is 2.64. The second kappa shape index (κ2) is 20.9. The Morgan fingerprint density at radius 1 is 0.750 bits per heavy atom. The first-order valence-corrected chi connectivity index (χ1v) is 12.3. The summed E-state index contributed by atoms with van der Waals surface area (Å²) < 4.78 is 65.4. The first-order chi connectivity index (χ1) is 14.1. The Bertz CT molecular complexity index is 399. The summed E-state index contributed by atoms with van der Waals surface area (Å²) in [6.45, 7) is 11.8. The molecule has 1 rings (SSSR count). The third kappa shape index (κ3) is 40.9. The molecule has 1 saturated heterocycles. The van der Waals surface area contributed by atoms with Crippen molar-refractivity contribution in [2.24, 2.45) is 0 Å². The molecule has 0 aromatic carbocycles. The molecule has 0 amide bonds. The van der Waals surface area contributed by atoms with E-state index in [1.165, 1.54) is 58.7 Å². The fourth-order valence-electron chi connectivity index (χ4n) is 2.64. The van der Waals surface area contributed by atoms with Gasteiger partial charge in [0.25, 0.3) is 0 Å². The summed E-state index contributed by atoms with van der Waals surface area (Å²) in [5, 5.41) is 3.59. The second-order valence-corrected chi connectivity index (χ2v) is 9.08. The van der Waals surface area contributed by atoms with Crippen molar-refractivity contribution >= 4 is 0 Å². The van der Waals surface area contributed by atoms with Crippen molar-refractivity contribution in [2.75, 3.05) is 93.6 Å². The molecule has 1 radical (unpaired) electrons. The largest absolute Gasteiger partial charge is 0.315 e. The topological polar surface area (TPSA) is 204 Å². The van der Waals surface area contributed by atoms with Gasteiger partial charge >= 0.3 is 0 Å². The van der Waals surface area contributed by atoms with Crippen LogP contribution in [0.1, 0.15) is 12.8 Å². The van der Waals surface area contributed by atoms with Crippen LogP contribution < -0.4 is 33.3 Å². The average molecular weight is 559 g/mol.